The first-order chi connectivity index (χ1) is 14.7. The topological polar surface area (TPSA) is 183 Å². The molecule has 0 saturated carbocycles. The molecule has 1 fully saturated rings. The van der Waals surface area contributed by atoms with Crippen molar-refractivity contribution < 1.29 is 44.9 Å². The molecule has 0 spiro atoms. The lowest BCUT2D eigenvalue weighted by Crippen LogP contribution is -2.60. The van der Waals surface area contributed by atoms with Crippen LogP contribution in [0.5, 0.6) is 17.2 Å². The van der Waals surface area contributed by atoms with Crippen LogP contribution in [-0.4, -0.2) is 73.7 Å². The van der Waals surface area contributed by atoms with Crippen LogP contribution in [0.15, 0.2) is 36.4 Å². The number of nitrogen functional groups attached to an aromatic ring is 1. The lowest BCUT2D eigenvalue weighted by atomic mass is 9.99. The number of rotatable bonds is 7. The van der Waals surface area contributed by atoms with E-state index in [0.29, 0.717) is 12.1 Å². The van der Waals surface area contributed by atoms with Gasteiger partial charge in [-0.15, -0.1) is 0 Å². The fraction of sp³-hybridized carbons (Fsp3) is 0.381. The van der Waals surface area contributed by atoms with E-state index in [9.17, 15) is 35.4 Å². The molecule has 1 heterocycles. The molecule has 1 aliphatic heterocycles. The second-order valence-electron chi connectivity index (χ2n) is 7.32. The van der Waals surface area contributed by atoms with Crippen LogP contribution in [0.4, 0.5) is 5.69 Å². The summed E-state index contributed by atoms with van der Waals surface area (Å²) in [6, 6.07) is 8.96. The lowest BCUT2D eigenvalue weighted by molar-refractivity contribution is -0.277. The highest BCUT2D eigenvalue weighted by molar-refractivity contribution is 6.01. The zero-order chi connectivity index (χ0) is 22.7. The summed E-state index contributed by atoms with van der Waals surface area (Å²) in [7, 11) is 0. The largest absolute Gasteiger partial charge is 0.508 e. The quantitative estimate of drug-likeness (QED) is 0.225. The van der Waals surface area contributed by atoms with Gasteiger partial charge >= 0.3 is 0 Å². The van der Waals surface area contributed by atoms with Gasteiger partial charge in [0.15, 0.2) is 5.78 Å². The number of carbonyl (C=O) groups excluding carboxylic acids is 1. The fourth-order valence-corrected chi connectivity index (χ4v) is 3.32. The Kier molecular flexibility index (Phi) is 6.98. The van der Waals surface area contributed by atoms with Gasteiger partial charge in [0.1, 0.15) is 47.2 Å². The zero-order valence-corrected chi connectivity index (χ0v) is 16.5. The van der Waals surface area contributed by atoms with E-state index in [0.717, 1.165) is 17.7 Å². The Balaban J connectivity index is 1.82. The number of benzene rings is 2. The number of Topliss-reactive ketones (excluding diaryl/α,β-unsaturated/α-hetero) is 1. The standard InChI is InChI=1S/C21H25NO9/c22-11-4-1-10(2-5-11)3-6-13(25)17-14(26)7-12(24)8-15(17)30-21-20(29)19(28)18(27)16(9-23)31-21/h1-2,4-5,7-8,16,18-21,23-24,26-29H,3,6,9,22H2/t16?,18-,19?,20?,21+/m0/s1. The van der Waals surface area contributed by atoms with E-state index < -0.39 is 54.6 Å². The molecule has 0 aromatic heterocycles. The molecule has 3 rings (SSSR count). The summed E-state index contributed by atoms with van der Waals surface area (Å²) in [5, 5.41) is 59.3. The summed E-state index contributed by atoms with van der Waals surface area (Å²) in [5.74, 6) is -1.74. The number of aliphatic hydroxyl groups is 4. The minimum Gasteiger partial charge on any atom is -0.508 e. The molecule has 0 radical (unpaired) electrons. The van der Waals surface area contributed by atoms with Crippen molar-refractivity contribution in [2.75, 3.05) is 12.3 Å². The fourth-order valence-electron chi connectivity index (χ4n) is 3.32. The number of phenols is 2. The third-order valence-corrected chi connectivity index (χ3v) is 5.06. The minimum absolute atomic E-state index is 0.00665. The van der Waals surface area contributed by atoms with Crippen LogP contribution in [0, 0.1) is 0 Å². The van der Waals surface area contributed by atoms with Crippen molar-refractivity contribution in [1.82, 2.24) is 0 Å². The SMILES string of the molecule is Nc1ccc(CCC(=O)c2c(O)cc(O)cc2O[C@@H]2OC(CO)[C@H](O)C(O)C2O)cc1. The molecular weight excluding hydrogens is 410 g/mol. The Bertz CT molecular complexity index is 916. The van der Waals surface area contributed by atoms with Gasteiger partial charge in [0.05, 0.1) is 6.61 Å². The van der Waals surface area contributed by atoms with E-state index in [1.54, 1.807) is 24.3 Å². The Morgan fingerprint density at radius 3 is 2.35 bits per heavy atom. The molecule has 31 heavy (non-hydrogen) atoms. The maximum absolute atomic E-state index is 12.8. The van der Waals surface area contributed by atoms with Crippen LogP contribution in [0.3, 0.4) is 0 Å². The van der Waals surface area contributed by atoms with Crippen LogP contribution < -0.4 is 10.5 Å². The number of aryl methyl sites for hydroxylation is 1. The van der Waals surface area contributed by atoms with Gasteiger partial charge in [-0.25, -0.2) is 0 Å². The van der Waals surface area contributed by atoms with Gasteiger partial charge in [-0.05, 0) is 24.1 Å². The lowest BCUT2D eigenvalue weighted by Gasteiger charge is -2.39. The predicted octanol–water partition coefficient (Wildman–Crippen LogP) is -0.326. The maximum Gasteiger partial charge on any atom is 0.229 e. The van der Waals surface area contributed by atoms with Crippen molar-refractivity contribution in [1.29, 1.82) is 0 Å². The van der Waals surface area contributed by atoms with E-state index in [4.69, 9.17) is 15.2 Å². The Labute approximate surface area is 177 Å². The van der Waals surface area contributed by atoms with E-state index in [1.165, 1.54) is 0 Å². The molecule has 168 valence electrons. The molecule has 8 N–H and O–H groups in total. The van der Waals surface area contributed by atoms with Gasteiger partial charge < -0.3 is 45.8 Å². The van der Waals surface area contributed by atoms with Crippen molar-refractivity contribution in [3.63, 3.8) is 0 Å². The average Bonchev–Trinajstić information content (AvgIpc) is 2.73. The first kappa shape index (κ1) is 22.8. The summed E-state index contributed by atoms with van der Waals surface area (Å²) in [4.78, 5) is 12.8. The van der Waals surface area contributed by atoms with Crippen LogP contribution in [0.2, 0.25) is 0 Å². The molecule has 0 aliphatic carbocycles. The average molecular weight is 435 g/mol. The number of ketones is 1. The van der Waals surface area contributed by atoms with Gasteiger partial charge in [-0.2, -0.15) is 0 Å². The predicted molar refractivity (Wildman–Crippen MR) is 108 cm³/mol. The second kappa shape index (κ2) is 9.50. The number of phenolic OH excluding ortho intramolecular Hbond substituents is 2. The Morgan fingerprint density at radius 2 is 1.71 bits per heavy atom. The third-order valence-electron chi connectivity index (χ3n) is 5.06. The van der Waals surface area contributed by atoms with E-state index in [-0.39, 0.29) is 17.7 Å². The molecule has 5 atom stereocenters. The number of aromatic hydroxyl groups is 2. The second-order valence-corrected chi connectivity index (χ2v) is 7.32. The highest BCUT2D eigenvalue weighted by Crippen LogP contribution is 2.36. The number of anilines is 1. The molecular formula is C21H25NO9. The first-order valence-corrected chi connectivity index (χ1v) is 9.62. The number of ether oxygens (including phenoxy) is 2. The van der Waals surface area contributed by atoms with Crippen LogP contribution in [0.1, 0.15) is 22.3 Å². The zero-order valence-electron chi connectivity index (χ0n) is 16.5. The van der Waals surface area contributed by atoms with Crippen LogP contribution in [0.25, 0.3) is 0 Å². The monoisotopic (exact) mass is 435 g/mol. The summed E-state index contributed by atoms with van der Waals surface area (Å²) >= 11 is 0. The molecule has 10 heteroatoms. The van der Waals surface area contributed by atoms with Crippen LogP contribution >= 0.6 is 0 Å². The molecule has 0 amide bonds. The number of aliphatic hydroxyl groups excluding tert-OH is 4. The van der Waals surface area contributed by atoms with Gasteiger partial charge in [0.2, 0.25) is 6.29 Å². The van der Waals surface area contributed by atoms with Gasteiger partial charge in [-0.3, -0.25) is 4.79 Å². The highest BCUT2D eigenvalue weighted by atomic mass is 16.7. The number of nitrogens with two attached hydrogens (primary N) is 1. The number of carbonyl (C=O) groups is 1. The Morgan fingerprint density at radius 1 is 1.03 bits per heavy atom. The van der Waals surface area contributed by atoms with Crippen molar-refractivity contribution in [3.8, 4) is 17.2 Å². The van der Waals surface area contributed by atoms with Crippen molar-refractivity contribution in [2.45, 2.75) is 43.5 Å². The molecule has 10 nitrogen and oxygen atoms in total. The number of hydrogen-bond acceptors (Lipinski definition) is 10. The third kappa shape index (κ3) is 5.06. The van der Waals surface area contributed by atoms with Crippen molar-refractivity contribution in [3.05, 3.63) is 47.5 Å². The van der Waals surface area contributed by atoms with E-state index in [2.05, 4.69) is 0 Å². The normalized spacial score (nSPS) is 25.9. The van der Waals surface area contributed by atoms with E-state index in [1.807, 2.05) is 0 Å². The molecule has 2 aromatic carbocycles. The summed E-state index contributed by atoms with van der Waals surface area (Å²) in [6.45, 7) is -0.663. The molecule has 0 bridgehead atoms. The van der Waals surface area contributed by atoms with Gasteiger partial charge in [0, 0.05) is 24.2 Å². The molecule has 3 unspecified atom stereocenters. The van der Waals surface area contributed by atoms with Crippen molar-refractivity contribution in [2.24, 2.45) is 0 Å². The summed E-state index contributed by atoms with van der Waals surface area (Å²) in [6.07, 6.45) is -7.46. The Hall–Kier alpha value is -2.89. The van der Waals surface area contributed by atoms with Crippen LogP contribution in [-0.2, 0) is 11.2 Å². The highest BCUT2D eigenvalue weighted by Gasteiger charge is 2.45. The number of hydrogen-bond donors (Lipinski definition) is 7. The summed E-state index contributed by atoms with van der Waals surface area (Å²) in [5.41, 5.74) is 6.83. The maximum atomic E-state index is 12.8. The summed E-state index contributed by atoms with van der Waals surface area (Å²) < 4.78 is 10.8. The molecule has 1 aliphatic rings. The first-order valence-electron chi connectivity index (χ1n) is 9.62. The van der Waals surface area contributed by atoms with E-state index >= 15 is 0 Å². The van der Waals surface area contributed by atoms with Crippen molar-refractivity contribution >= 4 is 11.5 Å². The minimum atomic E-state index is -1.72. The molecule has 1 saturated heterocycles. The van der Waals surface area contributed by atoms with Gasteiger partial charge in [0.25, 0.3) is 0 Å². The smallest absolute Gasteiger partial charge is 0.229 e. The molecule has 2 aromatic rings. The van der Waals surface area contributed by atoms with Gasteiger partial charge in [-0.1, -0.05) is 12.1 Å².